The fourth-order valence-corrected chi connectivity index (χ4v) is 6.02. The molecule has 3 nitrogen and oxygen atoms in total. The van der Waals surface area contributed by atoms with Gasteiger partial charge in [-0.05, 0) is 64.9 Å². The Kier molecular flexibility index (Phi) is 5.39. The van der Waals surface area contributed by atoms with Crippen LogP contribution >= 0.6 is 43.6 Å². The average Bonchev–Trinajstić information content (AvgIpc) is 2.34. The van der Waals surface area contributed by atoms with Crippen molar-refractivity contribution >= 4 is 53.6 Å². The molecule has 1 aliphatic rings. The maximum absolute atomic E-state index is 12.4. The summed E-state index contributed by atoms with van der Waals surface area (Å²) in [5.74, 6) is 2.04. The topological polar surface area (TPSA) is 46.2 Å². The normalized spacial score (nSPS) is 17.6. The Morgan fingerprint density at radius 1 is 1.21 bits per heavy atom. The van der Waals surface area contributed by atoms with Crippen molar-refractivity contribution in [2.75, 3.05) is 11.5 Å². The van der Waals surface area contributed by atoms with E-state index in [4.69, 9.17) is 0 Å². The molecule has 0 aliphatic carbocycles. The van der Waals surface area contributed by atoms with Gasteiger partial charge in [-0.2, -0.15) is 11.8 Å². The lowest BCUT2D eigenvalue weighted by atomic mass is 10.2. The van der Waals surface area contributed by atoms with Crippen molar-refractivity contribution in [3.05, 3.63) is 26.6 Å². The zero-order valence-electron chi connectivity index (χ0n) is 10.4. The maximum Gasteiger partial charge on any atom is 0.241 e. The fourth-order valence-electron chi connectivity index (χ4n) is 1.93. The van der Waals surface area contributed by atoms with E-state index in [2.05, 4.69) is 36.6 Å². The molecule has 0 spiro atoms. The first-order valence-corrected chi connectivity index (χ1v) is 10.2. The van der Waals surface area contributed by atoms with Gasteiger partial charge >= 0.3 is 0 Å². The van der Waals surface area contributed by atoms with E-state index in [-0.39, 0.29) is 6.04 Å². The van der Waals surface area contributed by atoms with Crippen LogP contribution in [0.2, 0.25) is 0 Å². The lowest BCUT2D eigenvalue weighted by Gasteiger charge is -2.22. The molecular weight excluding hydrogens is 414 g/mol. The van der Waals surface area contributed by atoms with Crippen molar-refractivity contribution in [1.82, 2.24) is 4.72 Å². The predicted octanol–water partition coefficient (Wildman–Crippen LogP) is 3.69. The first-order valence-electron chi connectivity index (χ1n) is 5.96. The van der Waals surface area contributed by atoms with Gasteiger partial charge < -0.3 is 0 Å². The number of sulfonamides is 1. The van der Waals surface area contributed by atoms with Crippen molar-refractivity contribution in [3.63, 3.8) is 0 Å². The molecule has 1 heterocycles. The third-order valence-corrected chi connectivity index (χ3v) is 7.43. The Bertz CT molecular complexity index is 569. The summed E-state index contributed by atoms with van der Waals surface area (Å²) < 4.78 is 29.0. The van der Waals surface area contributed by atoms with Crippen LogP contribution in [0.15, 0.2) is 26.0 Å². The highest BCUT2D eigenvalue weighted by Crippen LogP contribution is 2.29. The molecule has 0 bridgehead atoms. The van der Waals surface area contributed by atoms with E-state index in [0.717, 1.165) is 34.4 Å². The molecule has 0 atom stereocenters. The van der Waals surface area contributed by atoms with Gasteiger partial charge in [0.25, 0.3) is 0 Å². The van der Waals surface area contributed by atoms with Crippen LogP contribution in [0, 0.1) is 6.92 Å². The van der Waals surface area contributed by atoms with Crippen LogP contribution in [0.4, 0.5) is 0 Å². The minimum absolute atomic E-state index is 0.0539. The quantitative estimate of drug-likeness (QED) is 0.798. The molecule has 1 aliphatic heterocycles. The van der Waals surface area contributed by atoms with E-state index in [1.807, 2.05) is 24.8 Å². The number of hydrogen-bond acceptors (Lipinski definition) is 3. The molecule has 2 rings (SSSR count). The van der Waals surface area contributed by atoms with Crippen molar-refractivity contribution in [1.29, 1.82) is 0 Å². The Hall–Kier alpha value is 0.440. The van der Waals surface area contributed by atoms with Gasteiger partial charge in [-0.1, -0.05) is 15.9 Å². The van der Waals surface area contributed by atoms with Crippen LogP contribution in [0.3, 0.4) is 0 Å². The van der Waals surface area contributed by atoms with Gasteiger partial charge in [0.1, 0.15) is 0 Å². The Morgan fingerprint density at radius 3 is 2.47 bits per heavy atom. The van der Waals surface area contributed by atoms with Crippen molar-refractivity contribution in [2.45, 2.75) is 30.7 Å². The van der Waals surface area contributed by atoms with E-state index >= 15 is 0 Å². The number of hydrogen-bond donors (Lipinski definition) is 1. The minimum Gasteiger partial charge on any atom is -0.208 e. The molecule has 1 saturated heterocycles. The minimum atomic E-state index is -3.47. The highest BCUT2D eigenvalue weighted by atomic mass is 79.9. The fraction of sp³-hybridized carbons (Fsp3) is 0.500. The zero-order valence-corrected chi connectivity index (χ0v) is 15.3. The molecule has 1 N–H and O–H groups in total. The highest BCUT2D eigenvalue weighted by molar-refractivity contribution is 9.11. The number of rotatable bonds is 3. The SMILES string of the molecule is Cc1cc(Br)c(S(=O)(=O)NC2CCSCC2)cc1Br. The Morgan fingerprint density at radius 2 is 1.84 bits per heavy atom. The number of nitrogens with one attached hydrogen (secondary N) is 1. The molecule has 1 fully saturated rings. The number of aryl methyl sites for hydroxylation is 1. The molecule has 0 saturated carbocycles. The molecule has 1 aromatic carbocycles. The third-order valence-electron chi connectivity index (χ3n) is 3.05. The lowest BCUT2D eigenvalue weighted by molar-refractivity contribution is 0.528. The standard InChI is InChI=1S/C12H15Br2NO2S2/c1-8-6-11(14)12(7-10(8)13)19(16,17)15-9-2-4-18-5-3-9/h6-7,9,15H,2-5H2,1H3. The molecule has 0 aromatic heterocycles. The molecule has 0 unspecified atom stereocenters. The lowest BCUT2D eigenvalue weighted by Crippen LogP contribution is -2.37. The second kappa shape index (κ2) is 6.47. The monoisotopic (exact) mass is 427 g/mol. The molecule has 1 aromatic rings. The largest absolute Gasteiger partial charge is 0.241 e. The Labute approximate surface area is 135 Å². The second-order valence-corrected chi connectivity index (χ2v) is 9.16. The summed E-state index contributed by atoms with van der Waals surface area (Å²) in [6.45, 7) is 1.93. The van der Waals surface area contributed by atoms with Crippen molar-refractivity contribution in [2.24, 2.45) is 0 Å². The van der Waals surface area contributed by atoms with Gasteiger partial charge in [0.2, 0.25) is 10.0 Å². The molecular formula is C12H15Br2NO2S2. The summed E-state index contributed by atoms with van der Waals surface area (Å²) >= 11 is 8.60. The number of thioether (sulfide) groups is 1. The van der Waals surface area contributed by atoms with Crippen LogP contribution in [-0.4, -0.2) is 26.0 Å². The molecule has 19 heavy (non-hydrogen) atoms. The van der Waals surface area contributed by atoms with Gasteiger partial charge in [0.05, 0.1) is 4.90 Å². The van der Waals surface area contributed by atoms with Crippen LogP contribution < -0.4 is 4.72 Å². The zero-order chi connectivity index (χ0) is 14.0. The molecule has 0 amide bonds. The summed E-state index contributed by atoms with van der Waals surface area (Å²) in [4.78, 5) is 0.295. The first kappa shape index (κ1) is 15.8. The number of halogens is 2. The smallest absolute Gasteiger partial charge is 0.208 e. The highest BCUT2D eigenvalue weighted by Gasteiger charge is 2.24. The van der Waals surface area contributed by atoms with E-state index in [9.17, 15) is 8.42 Å². The van der Waals surface area contributed by atoms with Crippen LogP contribution in [0.1, 0.15) is 18.4 Å². The molecule has 0 radical (unpaired) electrons. The van der Waals surface area contributed by atoms with Crippen molar-refractivity contribution in [3.8, 4) is 0 Å². The van der Waals surface area contributed by atoms with Gasteiger partial charge in [0.15, 0.2) is 0 Å². The van der Waals surface area contributed by atoms with E-state index in [0.29, 0.717) is 9.37 Å². The second-order valence-electron chi connectivity index (χ2n) is 4.54. The molecule has 106 valence electrons. The van der Waals surface area contributed by atoms with Gasteiger partial charge in [0, 0.05) is 15.0 Å². The van der Waals surface area contributed by atoms with Gasteiger partial charge in [-0.3, -0.25) is 0 Å². The summed E-state index contributed by atoms with van der Waals surface area (Å²) in [6, 6.07) is 3.52. The van der Waals surface area contributed by atoms with Gasteiger partial charge in [-0.25, -0.2) is 13.1 Å². The summed E-state index contributed by atoms with van der Waals surface area (Å²) in [7, 11) is -3.47. The number of benzene rings is 1. The van der Waals surface area contributed by atoms with Crippen LogP contribution in [-0.2, 0) is 10.0 Å². The van der Waals surface area contributed by atoms with Crippen LogP contribution in [0.25, 0.3) is 0 Å². The summed E-state index contributed by atoms with van der Waals surface area (Å²) in [5, 5.41) is 0. The van der Waals surface area contributed by atoms with Crippen LogP contribution in [0.5, 0.6) is 0 Å². The van der Waals surface area contributed by atoms with Crippen molar-refractivity contribution < 1.29 is 8.42 Å². The summed E-state index contributed by atoms with van der Waals surface area (Å²) in [5.41, 5.74) is 1.000. The molecule has 7 heteroatoms. The Balaban J connectivity index is 2.26. The third kappa shape index (κ3) is 3.97. The van der Waals surface area contributed by atoms with E-state index in [1.165, 1.54) is 0 Å². The van der Waals surface area contributed by atoms with Gasteiger partial charge in [-0.15, -0.1) is 0 Å². The summed E-state index contributed by atoms with van der Waals surface area (Å²) in [6.07, 6.45) is 1.79. The van der Waals surface area contributed by atoms with E-state index in [1.54, 1.807) is 6.07 Å². The maximum atomic E-state index is 12.4. The average molecular weight is 429 g/mol. The van der Waals surface area contributed by atoms with E-state index < -0.39 is 10.0 Å². The predicted molar refractivity (Wildman–Crippen MR) is 87.2 cm³/mol. The first-order chi connectivity index (χ1) is 8.90.